The Morgan fingerprint density at radius 1 is 1.24 bits per heavy atom. The second kappa shape index (κ2) is 7.06. The molecular weight excluding hydrogens is 408 g/mol. The molecule has 0 fully saturated rings. The van der Waals surface area contributed by atoms with Gasteiger partial charge in [0.05, 0.1) is 6.04 Å². The zero-order valence-corrected chi connectivity index (χ0v) is 13.7. The van der Waals surface area contributed by atoms with Gasteiger partial charge in [0.25, 0.3) is 0 Å². The van der Waals surface area contributed by atoms with Crippen LogP contribution in [0.25, 0.3) is 0 Å². The Morgan fingerprint density at radius 2 is 1.76 bits per heavy atom. The monoisotopic (exact) mass is 417 g/mol. The van der Waals surface area contributed by atoms with Crippen molar-refractivity contribution in [2.24, 2.45) is 5.92 Å². The van der Waals surface area contributed by atoms with E-state index in [0.29, 0.717) is 17.8 Å². The molecule has 1 aromatic rings. The van der Waals surface area contributed by atoms with Gasteiger partial charge in [0.15, 0.2) is 5.92 Å². The number of thiophene rings is 1. The van der Waals surface area contributed by atoms with Crippen LogP contribution >= 0.6 is 38.9 Å². The van der Waals surface area contributed by atoms with Gasteiger partial charge < -0.3 is 5.32 Å². The first-order valence-corrected chi connectivity index (χ1v) is 7.78. The van der Waals surface area contributed by atoms with Gasteiger partial charge in [-0.1, -0.05) is 18.5 Å². The number of nitrogens with one attached hydrogen (secondary N) is 1. The molecule has 1 aromatic heterocycles. The lowest BCUT2D eigenvalue weighted by atomic mass is 9.96. The van der Waals surface area contributed by atoms with Crippen molar-refractivity contribution in [2.45, 2.75) is 31.7 Å². The predicted molar refractivity (Wildman–Crippen MR) is 73.7 cm³/mol. The average Bonchev–Trinajstić information content (AvgIpc) is 2.61. The Labute approximate surface area is 134 Å². The van der Waals surface area contributed by atoms with E-state index in [2.05, 4.69) is 21.2 Å². The Bertz CT molecular complexity index is 439. The smallest absolute Gasteiger partial charge is 0.308 e. The van der Waals surface area contributed by atoms with E-state index in [1.807, 2.05) is 0 Å². The SMILES string of the molecule is CCCNC(c1cc(Br)c(Cl)s1)C(C(F)(F)F)C(F)(F)F. The minimum Gasteiger partial charge on any atom is -0.308 e. The minimum atomic E-state index is -5.41. The first-order valence-electron chi connectivity index (χ1n) is 5.80. The van der Waals surface area contributed by atoms with Gasteiger partial charge in [-0.2, -0.15) is 26.3 Å². The summed E-state index contributed by atoms with van der Waals surface area (Å²) in [7, 11) is 0. The largest absolute Gasteiger partial charge is 0.402 e. The van der Waals surface area contributed by atoms with Crippen LogP contribution in [0.15, 0.2) is 10.5 Å². The molecule has 122 valence electrons. The molecule has 0 saturated carbocycles. The lowest BCUT2D eigenvalue weighted by Crippen LogP contribution is -2.45. The van der Waals surface area contributed by atoms with Gasteiger partial charge in [0.1, 0.15) is 4.34 Å². The van der Waals surface area contributed by atoms with Crippen molar-refractivity contribution in [1.29, 1.82) is 0 Å². The van der Waals surface area contributed by atoms with E-state index in [0.717, 1.165) is 0 Å². The summed E-state index contributed by atoms with van der Waals surface area (Å²) in [5, 5.41) is 2.33. The van der Waals surface area contributed by atoms with Crippen molar-refractivity contribution in [1.82, 2.24) is 5.32 Å². The molecule has 1 unspecified atom stereocenters. The Morgan fingerprint density at radius 3 is 2.10 bits per heavy atom. The fourth-order valence-electron chi connectivity index (χ4n) is 1.76. The Balaban J connectivity index is 3.26. The summed E-state index contributed by atoms with van der Waals surface area (Å²) < 4.78 is 77.7. The molecule has 0 spiro atoms. The number of rotatable bonds is 5. The molecule has 0 aromatic carbocycles. The fourth-order valence-corrected chi connectivity index (χ4v) is 3.61. The van der Waals surface area contributed by atoms with Crippen LogP contribution in [0.2, 0.25) is 4.34 Å². The van der Waals surface area contributed by atoms with Crippen molar-refractivity contribution >= 4 is 38.9 Å². The number of hydrogen-bond donors (Lipinski definition) is 1. The summed E-state index contributed by atoms with van der Waals surface area (Å²) in [4.78, 5) is -0.111. The molecule has 1 N–H and O–H groups in total. The topological polar surface area (TPSA) is 12.0 Å². The van der Waals surface area contributed by atoms with Gasteiger partial charge in [-0.15, -0.1) is 11.3 Å². The highest BCUT2D eigenvalue weighted by Gasteiger charge is 2.60. The van der Waals surface area contributed by atoms with Gasteiger partial charge in [-0.3, -0.25) is 0 Å². The third-order valence-electron chi connectivity index (χ3n) is 2.62. The van der Waals surface area contributed by atoms with Crippen LogP contribution in [0.1, 0.15) is 24.3 Å². The van der Waals surface area contributed by atoms with Gasteiger partial charge in [-0.05, 0) is 35.0 Å². The van der Waals surface area contributed by atoms with Crippen molar-refractivity contribution < 1.29 is 26.3 Å². The van der Waals surface area contributed by atoms with Crippen LogP contribution in [0, 0.1) is 5.92 Å². The van der Waals surface area contributed by atoms with Gasteiger partial charge in [0.2, 0.25) is 0 Å². The molecule has 0 saturated heterocycles. The van der Waals surface area contributed by atoms with Gasteiger partial charge in [-0.25, -0.2) is 0 Å². The maximum atomic E-state index is 12.9. The lowest BCUT2D eigenvalue weighted by Gasteiger charge is -2.30. The van der Waals surface area contributed by atoms with Crippen LogP contribution in [-0.2, 0) is 0 Å². The molecular formula is C11H11BrClF6NS. The maximum Gasteiger partial charge on any atom is 0.402 e. The third kappa shape index (κ3) is 5.01. The zero-order chi connectivity index (χ0) is 16.4. The van der Waals surface area contributed by atoms with Crippen molar-refractivity contribution in [2.75, 3.05) is 6.54 Å². The second-order valence-corrected chi connectivity index (χ2v) is 6.80. The van der Waals surface area contributed by atoms with E-state index in [-0.39, 0.29) is 20.2 Å². The van der Waals surface area contributed by atoms with Gasteiger partial charge in [0, 0.05) is 9.35 Å². The summed E-state index contributed by atoms with van der Waals surface area (Å²) >= 11 is 9.40. The molecule has 1 rings (SSSR count). The molecule has 0 aliphatic carbocycles. The molecule has 0 aliphatic heterocycles. The van der Waals surface area contributed by atoms with E-state index in [1.54, 1.807) is 6.92 Å². The van der Waals surface area contributed by atoms with Gasteiger partial charge >= 0.3 is 12.4 Å². The van der Waals surface area contributed by atoms with E-state index < -0.39 is 24.3 Å². The molecule has 21 heavy (non-hydrogen) atoms. The Kier molecular flexibility index (Phi) is 6.40. The first-order chi connectivity index (χ1) is 9.48. The van der Waals surface area contributed by atoms with Crippen LogP contribution in [0.4, 0.5) is 26.3 Å². The number of halogens is 8. The maximum absolute atomic E-state index is 12.9. The highest BCUT2D eigenvalue weighted by Crippen LogP contribution is 2.49. The van der Waals surface area contributed by atoms with Crippen LogP contribution in [0.5, 0.6) is 0 Å². The highest BCUT2D eigenvalue weighted by atomic mass is 79.9. The standard InChI is InChI=1S/C11H11BrClF6NS/c1-2-3-20-7(6-4-5(12)9(13)21-6)8(10(14,15)16)11(17,18)19/h4,7-8,20H,2-3H2,1H3. The summed E-state index contributed by atoms with van der Waals surface area (Å²) in [6, 6.07) is -0.732. The highest BCUT2D eigenvalue weighted by molar-refractivity contribution is 9.10. The third-order valence-corrected chi connectivity index (χ3v) is 5.18. The molecule has 10 heteroatoms. The number of alkyl halides is 6. The molecule has 0 amide bonds. The van der Waals surface area contributed by atoms with Crippen LogP contribution < -0.4 is 5.32 Å². The molecule has 1 nitrogen and oxygen atoms in total. The van der Waals surface area contributed by atoms with E-state index in [1.165, 1.54) is 6.07 Å². The molecule has 1 atom stereocenters. The predicted octanol–water partition coefficient (Wildman–Crippen LogP) is 5.95. The molecule has 0 aliphatic rings. The van der Waals surface area contributed by atoms with E-state index >= 15 is 0 Å². The van der Waals surface area contributed by atoms with E-state index in [4.69, 9.17) is 11.6 Å². The quantitative estimate of drug-likeness (QED) is 0.583. The van der Waals surface area contributed by atoms with Crippen molar-refractivity contribution in [3.05, 3.63) is 19.8 Å². The zero-order valence-electron chi connectivity index (χ0n) is 10.6. The Hall–Kier alpha value is 0.01000. The molecule has 0 radical (unpaired) electrons. The first kappa shape index (κ1) is 19.1. The van der Waals surface area contributed by atoms with Crippen LogP contribution in [-0.4, -0.2) is 18.9 Å². The second-order valence-electron chi connectivity index (χ2n) is 4.26. The normalized spacial score (nSPS) is 14.8. The summed E-state index contributed by atoms with van der Waals surface area (Å²) in [6.45, 7) is 1.68. The molecule has 0 bridgehead atoms. The van der Waals surface area contributed by atoms with Crippen molar-refractivity contribution in [3.63, 3.8) is 0 Å². The fraction of sp³-hybridized carbons (Fsp3) is 0.636. The molecule has 1 heterocycles. The number of hydrogen-bond acceptors (Lipinski definition) is 2. The average molecular weight is 419 g/mol. The summed E-state index contributed by atoms with van der Waals surface area (Å²) in [5.74, 6) is -3.49. The summed E-state index contributed by atoms with van der Waals surface area (Å²) in [6.07, 6.45) is -10.4. The summed E-state index contributed by atoms with van der Waals surface area (Å²) in [5.41, 5.74) is 0. The minimum absolute atomic E-state index is 0.0282. The van der Waals surface area contributed by atoms with Crippen molar-refractivity contribution in [3.8, 4) is 0 Å². The van der Waals surface area contributed by atoms with E-state index in [9.17, 15) is 26.3 Å². The lowest BCUT2D eigenvalue weighted by molar-refractivity contribution is -0.292. The van der Waals surface area contributed by atoms with Crippen LogP contribution in [0.3, 0.4) is 0 Å².